The van der Waals surface area contributed by atoms with Gasteiger partial charge < -0.3 is 4.74 Å². The number of halogens is 1. The summed E-state index contributed by atoms with van der Waals surface area (Å²) in [4.78, 5) is 11.2. The minimum Gasteiger partial charge on any atom is -0.461 e. The molecule has 0 aliphatic rings. The van der Waals surface area contributed by atoms with E-state index in [1.165, 1.54) is 5.54 Å². The summed E-state index contributed by atoms with van der Waals surface area (Å²) in [5.41, 5.74) is 2.28. The van der Waals surface area contributed by atoms with Crippen molar-refractivity contribution in [2.24, 2.45) is 0 Å². The maximum atomic E-state index is 11.2. The summed E-state index contributed by atoms with van der Waals surface area (Å²) in [5, 5.41) is 0. The molecule has 0 atom stereocenters. The third-order valence-corrected chi connectivity index (χ3v) is 1.80. The van der Waals surface area contributed by atoms with Crippen molar-refractivity contribution in [1.82, 2.24) is 0 Å². The Morgan fingerprint density at radius 2 is 2.07 bits per heavy atom. The first-order valence-electron chi connectivity index (χ1n) is 4.27. The van der Waals surface area contributed by atoms with E-state index in [2.05, 4.69) is 0 Å². The van der Waals surface area contributed by atoms with Crippen molar-refractivity contribution < 1.29 is 9.53 Å². The Labute approximate surface area is 88.1 Å². The van der Waals surface area contributed by atoms with Crippen LogP contribution in [-0.4, -0.2) is 12.6 Å². The van der Waals surface area contributed by atoms with E-state index in [-0.39, 0.29) is 12.6 Å². The lowest BCUT2D eigenvalue weighted by Crippen LogP contribution is -2.07. The predicted octanol–water partition coefficient (Wildman–Crippen LogP) is 2.52. The summed E-state index contributed by atoms with van der Waals surface area (Å²) in [6, 6.07) is 9.46. The van der Waals surface area contributed by atoms with Gasteiger partial charge in [0.2, 0.25) is 0 Å². The number of esters is 1. The van der Waals surface area contributed by atoms with E-state index in [9.17, 15) is 4.79 Å². The van der Waals surface area contributed by atoms with E-state index < -0.39 is 0 Å². The van der Waals surface area contributed by atoms with Crippen molar-refractivity contribution in [2.45, 2.75) is 6.42 Å². The van der Waals surface area contributed by atoms with Crippen LogP contribution in [0.15, 0.2) is 41.9 Å². The molecule has 0 N–H and O–H groups in total. The van der Waals surface area contributed by atoms with Crippen LogP contribution in [0.1, 0.15) is 5.56 Å². The number of rotatable bonds is 4. The standard InChI is InChI=1S/C11H11ClO2/c12-7-4-8-14-11(13)9-10-5-2-1-3-6-10/h1-7H,8-9H2/b7-4+. The molecule has 0 aliphatic carbocycles. The van der Waals surface area contributed by atoms with Gasteiger partial charge in [0.1, 0.15) is 6.61 Å². The molecule has 0 unspecified atom stereocenters. The van der Waals surface area contributed by atoms with Gasteiger partial charge in [-0.15, -0.1) is 0 Å². The van der Waals surface area contributed by atoms with Crippen LogP contribution in [0.25, 0.3) is 0 Å². The highest BCUT2D eigenvalue weighted by Crippen LogP contribution is 2.00. The molecular weight excluding hydrogens is 200 g/mol. The molecule has 3 heteroatoms. The van der Waals surface area contributed by atoms with Gasteiger partial charge in [-0.05, 0) is 11.6 Å². The lowest BCUT2D eigenvalue weighted by atomic mass is 10.2. The van der Waals surface area contributed by atoms with E-state index in [4.69, 9.17) is 16.3 Å². The van der Waals surface area contributed by atoms with E-state index in [1.807, 2.05) is 30.3 Å². The molecule has 0 aliphatic heterocycles. The zero-order chi connectivity index (χ0) is 10.2. The second-order valence-electron chi connectivity index (χ2n) is 2.71. The largest absolute Gasteiger partial charge is 0.461 e. The first-order chi connectivity index (χ1) is 6.83. The first-order valence-corrected chi connectivity index (χ1v) is 4.71. The van der Waals surface area contributed by atoms with Crippen molar-refractivity contribution in [3.63, 3.8) is 0 Å². The Balaban J connectivity index is 2.34. The Bertz CT molecular complexity index is 306. The minimum absolute atomic E-state index is 0.231. The summed E-state index contributed by atoms with van der Waals surface area (Å²) in [5.74, 6) is -0.244. The van der Waals surface area contributed by atoms with Gasteiger partial charge in [-0.25, -0.2) is 0 Å². The van der Waals surface area contributed by atoms with Gasteiger partial charge in [0, 0.05) is 5.54 Å². The monoisotopic (exact) mass is 210 g/mol. The summed E-state index contributed by atoms with van der Waals surface area (Å²) in [6.45, 7) is 0.231. The van der Waals surface area contributed by atoms with Crippen LogP contribution in [0.3, 0.4) is 0 Å². The minimum atomic E-state index is -0.244. The van der Waals surface area contributed by atoms with Crippen LogP contribution >= 0.6 is 11.6 Å². The zero-order valence-electron chi connectivity index (χ0n) is 7.65. The molecule has 2 nitrogen and oxygen atoms in total. The molecular formula is C11H11ClO2. The van der Waals surface area contributed by atoms with Crippen LogP contribution in [0.4, 0.5) is 0 Å². The van der Waals surface area contributed by atoms with Gasteiger partial charge in [-0.3, -0.25) is 4.79 Å². The smallest absolute Gasteiger partial charge is 0.310 e. The highest BCUT2D eigenvalue weighted by molar-refractivity contribution is 6.25. The van der Waals surface area contributed by atoms with Crippen LogP contribution in [0.2, 0.25) is 0 Å². The van der Waals surface area contributed by atoms with Crippen LogP contribution in [0, 0.1) is 0 Å². The maximum absolute atomic E-state index is 11.2. The second kappa shape index (κ2) is 6.22. The zero-order valence-corrected chi connectivity index (χ0v) is 8.41. The van der Waals surface area contributed by atoms with E-state index in [1.54, 1.807) is 6.08 Å². The number of hydrogen-bond donors (Lipinski definition) is 0. The molecule has 0 amide bonds. The Morgan fingerprint density at radius 1 is 1.36 bits per heavy atom. The van der Waals surface area contributed by atoms with Crippen LogP contribution in [0.5, 0.6) is 0 Å². The molecule has 0 fully saturated rings. The summed E-state index contributed by atoms with van der Waals surface area (Å²) in [7, 11) is 0. The van der Waals surface area contributed by atoms with Gasteiger partial charge in [0.15, 0.2) is 0 Å². The normalized spacial score (nSPS) is 10.4. The molecule has 1 rings (SSSR count). The third kappa shape index (κ3) is 4.10. The summed E-state index contributed by atoms with van der Waals surface area (Å²) < 4.78 is 4.88. The fourth-order valence-corrected chi connectivity index (χ4v) is 1.06. The fourth-order valence-electron chi connectivity index (χ4n) is 0.991. The van der Waals surface area contributed by atoms with Gasteiger partial charge in [0.05, 0.1) is 6.42 Å². The molecule has 1 aromatic rings. The average Bonchev–Trinajstić information content (AvgIpc) is 2.20. The number of hydrogen-bond acceptors (Lipinski definition) is 2. The Kier molecular flexibility index (Phi) is 4.79. The molecule has 74 valence electrons. The van der Waals surface area contributed by atoms with Crippen LogP contribution < -0.4 is 0 Å². The predicted molar refractivity (Wildman–Crippen MR) is 56.1 cm³/mol. The molecule has 0 aromatic heterocycles. The van der Waals surface area contributed by atoms with Crippen LogP contribution in [-0.2, 0) is 16.0 Å². The lowest BCUT2D eigenvalue weighted by molar-refractivity contribution is -0.141. The Hall–Kier alpha value is -1.28. The Morgan fingerprint density at radius 3 is 2.71 bits per heavy atom. The molecule has 14 heavy (non-hydrogen) atoms. The van der Waals surface area contributed by atoms with Gasteiger partial charge in [-0.2, -0.15) is 0 Å². The van der Waals surface area contributed by atoms with Crippen molar-refractivity contribution in [3.05, 3.63) is 47.5 Å². The second-order valence-corrected chi connectivity index (χ2v) is 2.96. The molecule has 0 bridgehead atoms. The molecule has 0 saturated heterocycles. The number of ether oxygens (including phenoxy) is 1. The van der Waals surface area contributed by atoms with Crippen molar-refractivity contribution in [3.8, 4) is 0 Å². The van der Waals surface area contributed by atoms with Gasteiger partial charge in [0.25, 0.3) is 0 Å². The molecule has 0 spiro atoms. The molecule has 0 saturated carbocycles. The third-order valence-electron chi connectivity index (χ3n) is 1.62. The lowest BCUT2D eigenvalue weighted by Gasteiger charge is -2.01. The highest BCUT2D eigenvalue weighted by atomic mass is 35.5. The van der Waals surface area contributed by atoms with E-state index in [0.717, 1.165) is 5.56 Å². The molecule has 0 radical (unpaired) electrons. The van der Waals surface area contributed by atoms with E-state index >= 15 is 0 Å². The number of carbonyl (C=O) groups is 1. The first kappa shape index (κ1) is 10.8. The number of carbonyl (C=O) groups excluding carboxylic acids is 1. The van der Waals surface area contributed by atoms with Gasteiger partial charge >= 0.3 is 5.97 Å². The highest BCUT2D eigenvalue weighted by Gasteiger charge is 2.02. The average molecular weight is 211 g/mol. The van der Waals surface area contributed by atoms with Gasteiger partial charge in [-0.1, -0.05) is 41.9 Å². The van der Waals surface area contributed by atoms with E-state index in [0.29, 0.717) is 6.42 Å². The maximum Gasteiger partial charge on any atom is 0.310 e. The fraction of sp³-hybridized carbons (Fsp3) is 0.182. The quantitative estimate of drug-likeness (QED) is 0.714. The molecule has 1 aromatic carbocycles. The number of benzene rings is 1. The van der Waals surface area contributed by atoms with Crippen molar-refractivity contribution in [2.75, 3.05) is 6.61 Å². The molecule has 0 heterocycles. The summed E-state index contributed by atoms with van der Waals surface area (Å²) >= 11 is 5.27. The SMILES string of the molecule is O=C(Cc1ccccc1)OC/C=C/Cl. The van der Waals surface area contributed by atoms with Crippen molar-refractivity contribution in [1.29, 1.82) is 0 Å². The summed E-state index contributed by atoms with van der Waals surface area (Å²) in [6.07, 6.45) is 1.88. The van der Waals surface area contributed by atoms with Crippen molar-refractivity contribution >= 4 is 17.6 Å². The topological polar surface area (TPSA) is 26.3 Å².